The molecule has 1 aliphatic rings. The lowest BCUT2D eigenvalue weighted by Gasteiger charge is -2.31. The fourth-order valence-electron chi connectivity index (χ4n) is 4.71. The van der Waals surface area contributed by atoms with E-state index in [0.29, 0.717) is 48.8 Å². The molecule has 2 atom stereocenters. The molecule has 1 aliphatic heterocycles. The summed E-state index contributed by atoms with van der Waals surface area (Å²) in [6.45, 7) is 5.01. The fourth-order valence-corrected chi connectivity index (χ4v) is 4.71. The zero-order chi connectivity index (χ0) is 25.3. The van der Waals surface area contributed by atoms with E-state index in [0.717, 1.165) is 37.8 Å². The van der Waals surface area contributed by atoms with E-state index in [1.165, 1.54) is 5.56 Å². The first-order chi connectivity index (χ1) is 17.6. The molecule has 0 bridgehead atoms. The quantitative estimate of drug-likeness (QED) is 0.426. The van der Waals surface area contributed by atoms with E-state index < -0.39 is 0 Å². The first-order valence-corrected chi connectivity index (χ1v) is 12.7. The summed E-state index contributed by atoms with van der Waals surface area (Å²) in [5.74, 6) is 2.85. The number of hydrogen-bond acceptors (Lipinski definition) is 7. The van der Waals surface area contributed by atoms with Gasteiger partial charge in [-0.2, -0.15) is 4.98 Å². The predicted molar refractivity (Wildman–Crippen MR) is 138 cm³/mol. The van der Waals surface area contributed by atoms with Crippen LogP contribution in [0.1, 0.15) is 37.6 Å². The van der Waals surface area contributed by atoms with Crippen molar-refractivity contribution < 1.29 is 18.8 Å². The number of hydrogen-bond donors (Lipinski definition) is 1. The van der Waals surface area contributed by atoms with E-state index in [9.17, 15) is 4.79 Å². The van der Waals surface area contributed by atoms with E-state index in [1.54, 1.807) is 14.2 Å². The SMILES string of the molecule is CCC(CNC(=O)C1CCCN(Cc2nc(-c3ccc(OC)c(OC)c3)no2)C1)Cc1ccccc1. The molecule has 0 aliphatic carbocycles. The number of carbonyl (C=O) groups excluding carboxylic acids is 1. The van der Waals surface area contributed by atoms with Crippen molar-refractivity contribution in [1.29, 1.82) is 0 Å². The van der Waals surface area contributed by atoms with Gasteiger partial charge in [0.2, 0.25) is 17.6 Å². The highest BCUT2D eigenvalue weighted by Gasteiger charge is 2.27. The van der Waals surface area contributed by atoms with Crippen LogP contribution in [0.3, 0.4) is 0 Å². The Morgan fingerprint density at radius 1 is 1.17 bits per heavy atom. The number of nitrogens with one attached hydrogen (secondary N) is 1. The zero-order valence-electron chi connectivity index (χ0n) is 21.4. The van der Waals surface area contributed by atoms with Crippen LogP contribution >= 0.6 is 0 Å². The van der Waals surface area contributed by atoms with Gasteiger partial charge in [0.05, 0.1) is 26.7 Å². The highest BCUT2D eigenvalue weighted by molar-refractivity contribution is 5.79. The number of nitrogens with zero attached hydrogens (tertiary/aromatic N) is 3. The van der Waals surface area contributed by atoms with Gasteiger partial charge in [-0.05, 0) is 55.5 Å². The maximum atomic E-state index is 13.0. The van der Waals surface area contributed by atoms with Gasteiger partial charge in [0.25, 0.3) is 0 Å². The molecule has 1 aromatic heterocycles. The summed E-state index contributed by atoms with van der Waals surface area (Å²) < 4.78 is 16.2. The topological polar surface area (TPSA) is 89.7 Å². The van der Waals surface area contributed by atoms with Crippen LogP contribution in [0, 0.1) is 11.8 Å². The van der Waals surface area contributed by atoms with Crippen molar-refractivity contribution in [3.05, 3.63) is 60.0 Å². The van der Waals surface area contributed by atoms with Gasteiger partial charge in [0, 0.05) is 18.7 Å². The Morgan fingerprint density at radius 2 is 1.97 bits per heavy atom. The normalized spacial score (nSPS) is 16.9. The zero-order valence-corrected chi connectivity index (χ0v) is 21.4. The molecular formula is C28H36N4O4. The minimum absolute atomic E-state index is 0.0266. The van der Waals surface area contributed by atoms with Crippen molar-refractivity contribution in [3.8, 4) is 22.9 Å². The van der Waals surface area contributed by atoms with Gasteiger partial charge in [0.1, 0.15) is 0 Å². The van der Waals surface area contributed by atoms with Crippen LogP contribution in [-0.4, -0.2) is 54.8 Å². The molecular weight excluding hydrogens is 456 g/mol. The molecule has 1 N–H and O–H groups in total. The van der Waals surface area contributed by atoms with Crippen LogP contribution in [0.15, 0.2) is 53.1 Å². The molecule has 4 rings (SSSR count). The summed E-state index contributed by atoms with van der Waals surface area (Å²) in [7, 11) is 3.20. The molecule has 2 aromatic carbocycles. The second-order valence-electron chi connectivity index (χ2n) is 9.36. The lowest BCUT2D eigenvalue weighted by molar-refractivity contribution is -0.127. The number of methoxy groups -OCH3 is 2. The Bertz CT molecular complexity index is 1120. The van der Waals surface area contributed by atoms with Crippen molar-refractivity contribution in [2.24, 2.45) is 11.8 Å². The predicted octanol–water partition coefficient (Wildman–Crippen LogP) is 4.35. The third-order valence-corrected chi connectivity index (χ3v) is 6.85. The van der Waals surface area contributed by atoms with E-state index in [4.69, 9.17) is 14.0 Å². The number of ether oxygens (including phenoxy) is 2. The van der Waals surface area contributed by atoms with Gasteiger partial charge in [-0.15, -0.1) is 0 Å². The summed E-state index contributed by atoms with van der Waals surface area (Å²) in [6, 6.07) is 16.0. The van der Waals surface area contributed by atoms with Crippen LogP contribution < -0.4 is 14.8 Å². The Balaban J connectivity index is 1.30. The van der Waals surface area contributed by atoms with E-state index >= 15 is 0 Å². The first kappa shape index (κ1) is 25.7. The minimum Gasteiger partial charge on any atom is -0.493 e. The molecule has 3 aromatic rings. The van der Waals surface area contributed by atoms with Gasteiger partial charge in [0.15, 0.2) is 11.5 Å². The Morgan fingerprint density at radius 3 is 2.72 bits per heavy atom. The molecule has 0 radical (unpaired) electrons. The van der Waals surface area contributed by atoms with Crippen molar-refractivity contribution in [3.63, 3.8) is 0 Å². The second-order valence-corrected chi connectivity index (χ2v) is 9.36. The van der Waals surface area contributed by atoms with E-state index in [1.807, 2.05) is 24.3 Å². The monoisotopic (exact) mass is 492 g/mol. The summed E-state index contributed by atoms with van der Waals surface area (Å²) in [5, 5.41) is 7.36. The third kappa shape index (κ3) is 6.63. The van der Waals surface area contributed by atoms with Gasteiger partial charge in [-0.25, -0.2) is 0 Å². The van der Waals surface area contributed by atoms with Crippen molar-refractivity contribution in [2.45, 2.75) is 39.2 Å². The van der Waals surface area contributed by atoms with E-state index in [2.05, 4.69) is 51.5 Å². The fraction of sp³-hybridized carbons (Fsp3) is 0.464. The summed E-state index contributed by atoms with van der Waals surface area (Å²) in [6.07, 6.45) is 3.88. The van der Waals surface area contributed by atoms with Gasteiger partial charge < -0.3 is 19.3 Å². The van der Waals surface area contributed by atoms with Crippen molar-refractivity contribution in [2.75, 3.05) is 33.9 Å². The molecule has 0 spiro atoms. The summed E-state index contributed by atoms with van der Waals surface area (Å²) in [5.41, 5.74) is 2.11. The number of benzene rings is 2. The largest absolute Gasteiger partial charge is 0.493 e. The van der Waals surface area contributed by atoms with Crippen molar-refractivity contribution in [1.82, 2.24) is 20.4 Å². The van der Waals surface area contributed by atoms with Crippen LogP contribution in [0.4, 0.5) is 0 Å². The molecule has 1 amide bonds. The molecule has 1 fully saturated rings. The molecule has 2 unspecified atom stereocenters. The lowest BCUT2D eigenvalue weighted by Crippen LogP contribution is -2.43. The van der Waals surface area contributed by atoms with Crippen LogP contribution in [0.5, 0.6) is 11.5 Å². The number of carbonyl (C=O) groups is 1. The average Bonchev–Trinajstić information content (AvgIpc) is 3.39. The minimum atomic E-state index is -0.0266. The molecule has 192 valence electrons. The number of likely N-dealkylation sites (tertiary alicyclic amines) is 1. The first-order valence-electron chi connectivity index (χ1n) is 12.7. The number of rotatable bonds is 11. The van der Waals surface area contributed by atoms with Crippen LogP contribution in [-0.2, 0) is 17.8 Å². The number of aromatic nitrogens is 2. The van der Waals surface area contributed by atoms with Crippen LogP contribution in [0.2, 0.25) is 0 Å². The molecule has 1 saturated heterocycles. The standard InChI is InChI=1S/C28H36N4O4/c1-4-20(15-21-9-6-5-7-10-21)17-29-28(33)23-11-8-14-32(18-23)19-26-30-27(31-36-26)22-12-13-24(34-2)25(16-22)35-3/h5-7,9-10,12-13,16,20,23H,4,8,11,14-15,17-19H2,1-3H3,(H,29,33). The Hall–Kier alpha value is -3.39. The van der Waals surface area contributed by atoms with Crippen LogP contribution in [0.25, 0.3) is 11.4 Å². The molecule has 0 saturated carbocycles. The second kappa shape index (κ2) is 12.5. The molecule has 8 heteroatoms. The summed E-state index contributed by atoms with van der Waals surface area (Å²) in [4.78, 5) is 19.8. The van der Waals surface area contributed by atoms with Crippen molar-refractivity contribution >= 4 is 5.91 Å². The Labute approximate surface area is 213 Å². The third-order valence-electron chi connectivity index (χ3n) is 6.85. The maximum Gasteiger partial charge on any atom is 0.241 e. The number of piperidine rings is 1. The van der Waals surface area contributed by atoms with Gasteiger partial charge in [-0.3, -0.25) is 9.69 Å². The highest BCUT2D eigenvalue weighted by Crippen LogP contribution is 2.31. The smallest absolute Gasteiger partial charge is 0.241 e. The summed E-state index contributed by atoms with van der Waals surface area (Å²) >= 11 is 0. The van der Waals surface area contributed by atoms with E-state index in [-0.39, 0.29) is 11.8 Å². The van der Waals surface area contributed by atoms with Gasteiger partial charge >= 0.3 is 0 Å². The lowest BCUT2D eigenvalue weighted by atomic mass is 9.95. The molecule has 36 heavy (non-hydrogen) atoms. The average molecular weight is 493 g/mol. The van der Waals surface area contributed by atoms with Gasteiger partial charge in [-0.1, -0.05) is 48.8 Å². The highest BCUT2D eigenvalue weighted by atomic mass is 16.5. The maximum absolute atomic E-state index is 13.0. The molecule has 2 heterocycles. The Kier molecular flexibility index (Phi) is 8.95. The number of amides is 1. The molecule has 8 nitrogen and oxygen atoms in total.